The summed E-state index contributed by atoms with van der Waals surface area (Å²) in [5.41, 5.74) is 7.70. The number of nitrogens with two attached hydrogens (primary N) is 1. The topological polar surface area (TPSA) is 38.0 Å². The summed E-state index contributed by atoms with van der Waals surface area (Å²) in [7, 11) is 0. The minimum atomic E-state index is 0.0495. The van der Waals surface area contributed by atoms with Crippen molar-refractivity contribution in [2.45, 2.75) is 26.3 Å². The van der Waals surface area contributed by atoms with Gasteiger partial charge < -0.3 is 0 Å². The van der Waals surface area contributed by atoms with Crippen molar-refractivity contribution in [3.05, 3.63) is 68.7 Å². The van der Waals surface area contributed by atoms with Crippen LogP contribution in [0.3, 0.4) is 0 Å². The van der Waals surface area contributed by atoms with Gasteiger partial charge in [0.25, 0.3) is 0 Å². The van der Waals surface area contributed by atoms with E-state index in [-0.39, 0.29) is 6.04 Å². The van der Waals surface area contributed by atoms with Crippen molar-refractivity contribution in [2.24, 2.45) is 5.84 Å². The van der Waals surface area contributed by atoms with Crippen LogP contribution in [-0.4, -0.2) is 0 Å². The molecular formula is C16H18Cl2N2. The van der Waals surface area contributed by atoms with Gasteiger partial charge in [-0.3, -0.25) is 11.3 Å². The molecule has 0 saturated carbocycles. The van der Waals surface area contributed by atoms with Crippen LogP contribution in [0.4, 0.5) is 0 Å². The predicted molar refractivity (Wildman–Crippen MR) is 86.1 cm³/mol. The molecule has 106 valence electrons. The van der Waals surface area contributed by atoms with Gasteiger partial charge in [0, 0.05) is 0 Å². The molecule has 0 aliphatic rings. The molecule has 0 spiro atoms. The van der Waals surface area contributed by atoms with Crippen LogP contribution in [0, 0.1) is 13.8 Å². The third kappa shape index (κ3) is 3.33. The van der Waals surface area contributed by atoms with Gasteiger partial charge in [-0.1, -0.05) is 47.5 Å². The molecule has 1 unspecified atom stereocenters. The highest BCUT2D eigenvalue weighted by Crippen LogP contribution is 2.28. The minimum absolute atomic E-state index is 0.0495. The first-order valence-corrected chi connectivity index (χ1v) is 7.24. The molecule has 1 atom stereocenters. The van der Waals surface area contributed by atoms with Crippen LogP contribution in [0.1, 0.15) is 28.3 Å². The second kappa shape index (κ2) is 6.59. The maximum absolute atomic E-state index is 6.07. The molecule has 20 heavy (non-hydrogen) atoms. The first-order valence-electron chi connectivity index (χ1n) is 6.49. The number of aryl methyl sites for hydroxylation is 2. The molecule has 2 aromatic carbocycles. The van der Waals surface area contributed by atoms with Crippen molar-refractivity contribution in [3.63, 3.8) is 0 Å². The van der Waals surface area contributed by atoms with Crippen molar-refractivity contribution >= 4 is 23.2 Å². The van der Waals surface area contributed by atoms with Gasteiger partial charge >= 0.3 is 0 Å². The summed E-state index contributed by atoms with van der Waals surface area (Å²) in [6.45, 7) is 4.20. The minimum Gasteiger partial charge on any atom is -0.271 e. The van der Waals surface area contributed by atoms with E-state index in [1.165, 1.54) is 16.7 Å². The molecule has 0 amide bonds. The zero-order valence-electron chi connectivity index (χ0n) is 11.6. The summed E-state index contributed by atoms with van der Waals surface area (Å²) < 4.78 is 0. The zero-order chi connectivity index (χ0) is 14.7. The lowest BCUT2D eigenvalue weighted by atomic mass is 9.92. The summed E-state index contributed by atoms with van der Waals surface area (Å²) in [5.74, 6) is 5.75. The molecule has 0 heterocycles. The number of rotatable bonds is 4. The van der Waals surface area contributed by atoms with Crippen LogP contribution in [0.15, 0.2) is 36.4 Å². The molecule has 4 heteroatoms. The van der Waals surface area contributed by atoms with E-state index < -0.39 is 0 Å². The largest absolute Gasteiger partial charge is 0.271 e. The molecule has 2 aromatic rings. The van der Waals surface area contributed by atoms with Gasteiger partial charge in [0.05, 0.1) is 16.1 Å². The fraction of sp³-hybridized carbons (Fsp3) is 0.250. The Hall–Kier alpha value is -1.06. The Morgan fingerprint density at radius 3 is 2.25 bits per heavy atom. The van der Waals surface area contributed by atoms with E-state index in [9.17, 15) is 0 Å². The fourth-order valence-corrected chi connectivity index (χ4v) is 2.84. The lowest BCUT2D eigenvalue weighted by Gasteiger charge is -2.21. The number of hydrogen-bond donors (Lipinski definition) is 2. The van der Waals surface area contributed by atoms with Crippen LogP contribution in [0.2, 0.25) is 10.0 Å². The summed E-state index contributed by atoms with van der Waals surface area (Å²) >= 11 is 12.0. The van der Waals surface area contributed by atoms with E-state index in [0.717, 1.165) is 12.0 Å². The second-order valence-corrected chi connectivity index (χ2v) is 5.79. The average molecular weight is 309 g/mol. The summed E-state index contributed by atoms with van der Waals surface area (Å²) in [6, 6.07) is 12.0. The molecule has 0 aliphatic heterocycles. The Morgan fingerprint density at radius 2 is 1.70 bits per heavy atom. The molecular weight excluding hydrogens is 291 g/mol. The van der Waals surface area contributed by atoms with Gasteiger partial charge in [-0.25, -0.2) is 0 Å². The maximum atomic E-state index is 6.07. The van der Waals surface area contributed by atoms with E-state index in [4.69, 9.17) is 29.0 Å². The smallest absolute Gasteiger partial charge is 0.0595 e. The lowest BCUT2D eigenvalue weighted by molar-refractivity contribution is 0.547. The van der Waals surface area contributed by atoms with Gasteiger partial charge in [-0.15, -0.1) is 0 Å². The second-order valence-electron chi connectivity index (χ2n) is 4.98. The standard InChI is InChI=1S/C16H18Cl2N2/c1-10-4-3-5-11(2)16(10)15(20-19)9-12-6-7-13(17)14(18)8-12/h3-8,15,20H,9,19H2,1-2H3. The van der Waals surface area contributed by atoms with Crippen LogP contribution < -0.4 is 11.3 Å². The lowest BCUT2D eigenvalue weighted by Crippen LogP contribution is -2.30. The van der Waals surface area contributed by atoms with Gasteiger partial charge in [-0.05, 0) is 54.7 Å². The summed E-state index contributed by atoms with van der Waals surface area (Å²) in [6.07, 6.45) is 0.763. The van der Waals surface area contributed by atoms with E-state index in [1.54, 1.807) is 0 Å². The highest BCUT2D eigenvalue weighted by atomic mass is 35.5. The molecule has 0 aliphatic carbocycles. The molecule has 2 rings (SSSR count). The van der Waals surface area contributed by atoms with E-state index in [1.807, 2.05) is 18.2 Å². The quantitative estimate of drug-likeness (QED) is 0.650. The molecule has 3 N–H and O–H groups in total. The van der Waals surface area contributed by atoms with Crippen LogP contribution >= 0.6 is 23.2 Å². The predicted octanol–water partition coefficient (Wildman–Crippen LogP) is 4.36. The molecule has 0 radical (unpaired) electrons. The van der Waals surface area contributed by atoms with Crippen molar-refractivity contribution in [2.75, 3.05) is 0 Å². The van der Waals surface area contributed by atoms with E-state index in [0.29, 0.717) is 10.0 Å². The fourth-order valence-electron chi connectivity index (χ4n) is 2.52. The monoisotopic (exact) mass is 308 g/mol. The molecule has 0 bridgehead atoms. The molecule has 0 aromatic heterocycles. The molecule has 2 nitrogen and oxygen atoms in total. The Morgan fingerprint density at radius 1 is 1.05 bits per heavy atom. The Bertz CT molecular complexity index is 591. The van der Waals surface area contributed by atoms with Crippen LogP contribution in [0.25, 0.3) is 0 Å². The summed E-state index contributed by atoms with van der Waals surface area (Å²) in [5, 5.41) is 1.14. The third-order valence-corrected chi connectivity index (χ3v) is 4.25. The number of nitrogens with one attached hydrogen (secondary N) is 1. The van der Waals surface area contributed by atoms with Gasteiger partial charge in [0.2, 0.25) is 0 Å². The van der Waals surface area contributed by atoms with Crippen molar-refractivity contribution in [3.8, 4) is 0 Å². The number of halogens is 2. The number of benzene rings is 2. The van der Waals surface area contributed by atoms with Crippen molar-refractivity contribution in [1.82, 2.24) is 5.43 Å². The zero-order valence-corrected chi connectivity index (χ0v) is 13.1. The highest BCUT2D eigenvalue weighted by molar-refractivity contribution is 6.42. The van der Waals surface area contributed by atoms with E-state index in [2.05, 4.69) is 37.5 Å². The van der Waals surface area contributed by atoms with E-state index >= 15 is 0 Å². The molecule has 0 saturated heterocycles. The Balaban J connectivity index is 2.31. The van der Waals surface area contributed by atoms with Gasteiger partial charge in [-0.2, -0.15) is 0 Å². The van der Waals surface area contributed by atoms with Gasteiger partial charge in [0.15, 0.2) is 0 Å². The number of hydrogen-bond acceptors (Lipinski definition) is 2. The normalized spacial score (nSPS) is 12.4. The van der Waals surface area contributed by atoms with Crippen LogP contribution in [-0.2, 0) is 6.42 Å². The first kappa shape index (κ1) is 15.3. The van der Waals surface area contributed by atoms with Gasteiger partial charge in [0.1, 0.15) is 0 Å². The Labute approximate surface area is 129 Å². The van der Waals surface area contributed by atoms with Crippen molar-refractivity contribution < 1.29 is 0 Å². The highest BCUT2D eigenvalue weighted by Gasteiger charge is 2.15. The molecule has 0 fully saturated rings. The van der Waals surface area contributed by atoms with Crippen molar-refractivity contribution in [1.29, 1.82) is 0 Å². The Kier molecular flexibility index (Phi) is 5.06. The first-order chi connectivity index (χ1) is 9.52. The number of hydrazine groups is 1. The van der Waals surface area contributed by atoms with Crippen LogP contribution in [0.5, 0.6) is 0 Å². The summed E-state index contributed by atoms with van der Waals surface area (Å²) in [4.78, 5) is 0. The SMILES string of the molecule is Cc1cccc(C)c1C(Cc1ccc(Cl)c(Cl)c1)NN. The average Bonchev–Trinajstić information content (AvgIpc) is 2.41. The maximum Gasteiger partial charge on any atom is 0.0595 e. The third-order valence-electron chi connectivity index (χ3n) is 3.52.